The molecule has 1 saturated heterocycles. The van der Waals surface area contributed by atoms with Crippen molar-refractivity contribution in [3.8, 4) is 17.3 Å². The van der Waals surface area contributed by atoms with Crippen LogP contribution in [0.4, 0.5) is 11.4 Å². The Labute approximate surface area is 172 Å². The number of imidazole rings is 1. The van der Waals surface area contributed by atoms with Gasteiger partial charge in [-0.3, -0.25) is 4.79 Å². The highest BCUT2D eigenvalue weighted by atomic mass is 16.6. The Morgan fingerprint density at radius 3 is 2.87 bits per heavy atom. The summed E-state index contributed by atoms with van der Waals surface area (Å²) >= 11 is 0. The first-order valence-corrected chi connectivity index (χ1v) is 9.55. The number of carbonyl (C=O) groups is 1. The molecular formula is C21H20N6O3. The molecule has 30 heavy (non-hydrogen) atoms. The fourth-order valence-electron chi connectivity index (χ4n) is 3.60. The molecule has 2 aromatic heterocycles. The zero-order chi connectivity index (χ0) is 20.7. The SMILES string of the molecule is COc1ccc(N2N=C(C)C(C3OC3Nc3cccc(-c4ncc[nH]4)c3)C2=O)cn1. The van der Waals surface area contributed by atoms with Gasteiger partial charge in [-0.25, -0.2) is 9.97 Å². The van der Waals surface area contributed by atoms with Gasteiger partial charge < -0.3 is 19.8 Å². The number of H-pyrrole nitrogens is 1. The topological polar surface area (TPSA) is 108 Å². The Kier molecular flexibility index (Phi) is 4.44. The van der Waals surface area contributed by atoms with E-state index in [0.29, 0.717) is 11.6 Å². The summed E-state index contributed by atoms with van der Waals surface area (Å²) in [6.45, 7) is 1.84. The molecule has 1 aromatic carbocycles. The lowest BCUT2D eigenvalue weighted by Crippen LogP contribution is -2.32. The molecule has 1 amide bonds. The molecule has 3 unspecified atom stereocenters. The molecule has 9 nitrogen and oxygen atoms in total. The Bertz CT molecular complexity index is 1100. The maximum Gasteiger partial charge on any atom is 0.259 e. The average Bonchev–Trinajstić information content (AvgIpc) is 3.16. The summed E-state index contributed by atoms with van der Waals surface area (Å²) in [6.07, 6.45) is 4.54. The van der Waals surface area contributed by atoms with Crippen LogP contribution in [-0.4, -0.2) is 46.0 Å². The molecule has 2 aliphatic rings. The van der Waals surface area contributed by atoms with E-state index in [2.05, 4.69) is 25.4 Å². The quantitative estimate of drug-likeness (QED) is 0.612. The molecule has 0 aliphatic carbocycles. The van der Waals surface area contributed by atoms with Gasteiger partial charge in [0.2, 0.25) is 5.88 Å². The van der Waals surface area contributed by atoms with E-state index < -0.39 is 5.92 Å². The van der Waals surface area contributed by atoms with E-state index >= 15 is 0 Å². The second-order valence-electron chi connectivity index (χ2n) is 7.11. The monoisotopic (exact) mass is 404 g/mol. The highest BCUT2D eigenvalue weighted by Crippen LogP contribution is 2.37. The maximum atomic E-state index is 13.0. The predicted octanol–water partition coefficient (Wildman–Crippen LogP) is 2.66. The van der Waals surface area contributed by atoms with Gasteiger partial charge in [0, 0.05) is 29.7 Å². The van der Waals surface area contributed by atoms with E-state index in [1.165, 1.54) is 5.01 Å². The van der Waals surface area contributed by atoms with E-state index in [0.717, 1.165) is 22.8 Å². The Morgan fingerprint density at radius 2 is 2.13 bits per heavy atom. The number of aromatic nitrogens is 3. The number of carbonyl (C=O) groups excluding carboxylic acids is 1. The summed E-state index contributed by atoms with van der Waals surface area (Å²) < 4.78 is 10.9. The predicted molar refractivity (Wildman–Crippen MR) is 111 cm³/mol. The van der Waals surface area contributed by atoms with Gasteiger partial charge in [0.15, 0.2) is 6.23 Å². The first-order valence-electron chi connectivity index (χ1n) is 9.55. The molecule has 0 radical (unpaired) electrons. The fraction of sp³-hybridized carbons (Fsp3) is 0.238. The van der Waals surface area contributed by atoms with Crippen molar-refractivity contribution in [1.29, 1.82) is 0 Å². The second-order valence-corrected chi connectivity index (χ2v) is 7.11. The minimum atomic E-state index is -0.433. The third kappa shape index (κ3) is 3.29. The third-order valence-electron chi connectivity index (χ3n) is 5.15. The van der Waals surface area contributed by atoms with Gasteiger partial charge in [0.25, 0.3) is 5.91 Å². The molecule has 0 bridgehead atoms. The lowest BCUT2D eigenvalue weighted by atomic mass is 10.00. The number of methoxy groups -OCH3 is 1. The van der Waals surface area contributed by atoms with E-state index in [1.54, 1.807) is 37.8 Å². The Balaban J connectivity index is 1.27. The minimum absolute atomic E-state index is 0.127. The number of rotatable bonds is 6. The molecule has 9 heteroatoms. The van der Waals surface area contributed by atoms with Crippen molar-refractivity contribution >= 4 is 23.0 Å². The van der Waals surface area contributed by atoms with Crippen LogP contribution in [0.15, 0.2) is 60.1 Å². The lowest BCUT2D eigenvalue weighted by Gasteiger charge is -2.13. The van der Waals surface area contributed by atoms with Crippen LogP contribution < -0.4 is 15.1 Å². The fourth-order valence-corrected chi connectivity index (χ4v) is 3.60. The van der Waals surface area contributed by atoms with Crippen LogP contribution in [0.5, 0.6) is 5.88 Å². The van der Waals surface area contributed by atoms with Gasteiger partial charge >= 0.3 is 0 Å². The number of amides is 1. The smallest absolute Gasteiger partial charge is 0.259 e. The van der Waals surface area contributed by atoms with E-state index in [-0.39, 0.29) is 18.2 Å². The standard InChI is InChI=1S/C21H20N6O3/c1-12-17(21(28)27(26-12)15-6-7-16(29-2)24-11-15)18-20(30-18)25-14-5-3-4-13(10-14)19-22-8-9-23-19/h3-11,17-18,20,25H,1-2H3,(H,22,23). The number of epoxide rings is 1. The third-order valence-corrected chi connectivity index (χ3v) is 5.15. The summed E-state index contributed by atoms with van der Waals surface area (Å²) in [5, 5.41) is 9.14. The van der Waals surface area contributed by atoms with Crippen molar-refractivity contribution < 1.29 is 14.3 Å². The Hall–Kier alpha value is -3.72. The van der Waals surface area contributed by atoms with Crippen molar-refractivity contribution in [3.63, 3.8) is 0 Å². The van der Waals surface area contributed by atoms with Crippen molar-refractivity contribution in [3.05, 3.63) is 55.0 Å². The number of hydrazone groups is 1. The molecule has 0 spiro atoms. The normalized spacial score (nSPS) is 22.7. The molecule has 1 fully saturated rings. The summed E-state index contributed by atoms with van der Waals surface area (Å²) in [4.78, 5) is 24.5. The van der Waals surface area contributed by atoms with Gasteiger partial charge in [-0.2, -0.15) is 10.1 Å². The molecule has 5 rings (SSSR count). The zero-order valence-electron chi connectivity index (χ0n) is 16.4. The molecule has 3 atom stereocenters. The summed E-state index contributed by atoms with van der Waals surface area (Å²) in [6, 6.07) is 11.3. The highest BCUT2D eigenvalue weighted by Gasteiger charge is 2.53. The molecule has 0 saturated carbocycles. The number of nitrogens with one attached hydrogen (secondary N) is 2. The van der Waals surface area contributed by atoms with Crippen LogP contribution >= 0.6 is 0 Å². The summed E-state index contributed by atoms with van der Waals surface area (Å²) in [7, 11) is 1.54. The first kappa shape index (κ1) is 18.3. The van der Waals surface area contributed by atoms with Crippen molar-refractivity contribution in [1.82, 2.24) is 15.0 Å². The lowest BCUT2D eigenvalue weighted by molar-refractivity contribution is -0.120. The largest absolute Gasteiger partial charge is 0.481 e. The van der Waals surface area contributed by atoms with Crippen LogP contribution in [0.1, 0.15) is 6.92 Å². The summed E-state index contributed by atoms with van der Waals surface area (Å²) in [5.74, 6) is 0.717. The molecule has 2 N–H and O–H groups in total. The molecule has 2 aliphatic heterocycles. The number of hydrogen-bond donors (Lipinski definition) is 2. The molecular weight excluding hydrogens is 384 g/mol. The zero-order valence-corrected chi connectivity index (χ0v) is 16.4. The number of ether oxygens (including phenoxy) is 2. The van der Waals surface area contributed by atoms with Crippen molar-refractivity contribution in [2.24, 2.45) is 11.0 Å². The number of anilines is 2. The van der Waals surface area contributed by atoms with Crippen LogP contribution in [0, 0.1) is 5.92 Å². The van der Waals surface area contributed by atoms with Crippen LogP contribution in [0.3, 0.4) is 0 Å². The second kappa shape index (κ2) is 7.27. The van der Waals surface area contributed by atoms with Gasteiger partial charge in [-0.1, -0.05) is 12.1 Å². The number of nitrogens with zero attached hydrogens (tertiary/aromatic N) is 4. The van der Waals surface area contributed by atoms with Gasteiger partial charge in [0.1, 0.15) is 17.8 Å². The van der Waals surface area contributed by atoms with Crippen molar-refractivity contribution in [2.45, 2.75) is 19.3 Å². The first-order chi connectivity index (χ1) is 14.6. The Morgan fingerprint density at radius 1 is 1.23 bits per heavy atom. The minimum Gasteiger partial charge on any atom is -0.481 e. The molecule has 4 heterocycles. The molecule has 152 valence electrons. The number of hydrogen-bond acceptors (Lipinski definition) is 7. The summed E-state index contributed by atoms with van der Waals surface area (Å²) in [5.41, 5.74) is 3.18. The average molecular weight is 404 g/mol. The van der Waals surface area contributed by atoms with Gasteiger partial charge in [-0.05, 0) is 25.1 Å². The number of pyridine rings is 1. The van der Waals surface area contributed by atoms with Gasteiger partial charge in [0.05, 0.1) is 24.7 Å². The van der Waals surface area contributed by atoms with Crippen LogP contribution in [0.25, 0.3) is 11.4 Å². The van der Waals surface area contributed by atoms with E-state index in [9.17, 15) is 4.79 Å². The molecule has 3 aromatic rings. The van der Waals surface area contributed by atoms with Crippen LogP contribution in [-0.2, 0) is 9.53 Å². The maximum absolute atomic E-state index is 13.0. The highest BCUT2D eigenvalue weighted by molar-refractivity contribution is 6.15. The van der Waals surface area contributed by atoms with Crippen LogP contribution in [0.2, 0.25) is 0 Å². The van der Waals surface area contributed by atoms with E-state index in [4.69, 9.17) is 9.47 Å². The number of aromatic amines is 1. The number of benzene rings is 1. The van der Waals surface area contributed by atoms with Gasteiger partial charge in [-0.15, -0.1) is 0 Å². The van der Waals surface area contributed by atoms with E-state index in [1.807, 2.05) is 31.2 Å². The van der Waals surface area contributed by atoms with Crippen molar-refractivity contribution in [2.75, 3.05) is 17.4 Å².